The van der Waals surface area contributed by atoms with Crippen LogP contribution in [-0.2, 0) is 6.61 Å². The molecule has 0 aromatic carbocycles. The van der Waals surface area contributed by atoms with Crippen LogP contribution in [0.4, 0.5) is 5.82 Å². The van der Waals surface area contributed by atoms with Crippen LogP contribution in [0.3, 0.4) is 0 Å². The Morgan fingerprint density at radius 3 is 2.88 bits per heavy atom. The summed E-state index contributed by atoms with van der Waals surface area (Å²) in [7, 11) is 0. The van der Waals surface area contributed by atoms with Crippen LogP contribution in [0, 0.1) is 5.92 Å². The zero-order valence-electron chi connectivity index (χ0n) is 10.2. The van der Waals surface area contributed by atoms with Gasteiger partial charge in [-0.3, -0.25) is 0 Å². The molecule has 1 saturated carbocycles. The van der Waals surface area contributed by atoms with E-state index in [9.17, 15) is 5.11 Å². The third-order valence-electron chi connectivity index (χ3n) is 3.05. The van der Waals surface area contributed by atoms with Crippen molar-refractivity contribution in [2.45, 2.75) is 32.8 Å². The van der Waals surface area contributed by atoms with Crippen LogP contribution in [-0.4, -0.2) is 23.2 Å². The van der Waals surface area contributed by atoms with E-state index < -0.39 is 0 Å². The molecule has 0 unspecified atom stereocenters. The molecule has 1 N–H and O–H groups in total. The molecule has 1 aromatic heterocycles. The molecule has 0 atom stereocenters. The maximum atomic E-state index is 9.42. The van der Waals surface area contributed by atoms with Crippen LogP contribution >= 0.6 is 15.9 Å². The summed E-state index contributed by atoms with van der Waals surface area (Å²) in [6.45, 7) is 4.32. The van der Waals surface area contributed by atoms with E-state index in [0.717, 1.165) is 41.3 Å². The Morgan fingerprint density at radius 1 is 1.53 bits per heavy atom. The lowest BCUT2D eigenvalue weighted by Gasteiger charge is -2.25. The first-order valence-electron chi connectivity index (χ1n) is 6.24. The molecule has 1 aliphatic carbocycles. The highest BCUT2D eigenvalue weighted by Gasteiger charge is 2.25. The third kappa shape index (κ3) is 3.42. The lowest BCUT2D eigenvalue weighted by Crippen LogP contribution is -2.28. The number of aliphatic hydroxyl groups is 1. The van der Waals surface area contributed by atoms with Gasteiger partial charge < -0.3 is 10.0 Å². The summed E-state index contributed by atoms with van der Waals surface area (Å²) < 4.78 is 0.924. The Balaban J connectivity index is 2.20. The highest BCUT2D eigenvalue weighted by molar-refractivity contribution is 9.10. The highest BCUT2D eigenvalue weighted by atomic mass is 79.9. The van der Waals surface area contributed by atoms with Crippen molar-refractivity contribution in [1.82, 2.24) is 4.98 Å². The Labute approximate surface area is 111 Å². The predicted octanol–water partition coefficient (Wildman–Crippen LogP) is 2.96. The van der Waals surface area contributed by atoms with Gasteiger partial charge in [0.2, 0.25) is 0 Å². The van der Waals surface area contributed by atoms with E-state index in [1.807, 2.05) is 12.3 Å². The van der Waals surface area contributed by atoms with Crippen molar-refractivity contribution in [2.75, 3.05) is 18.0 Å². The number of halogens is 1. The first kappa shape index (κ1) is 12.8. The molecule has 0 saturated heterocycles. The summed E-state index contributed by atoms with van der Waals surface area (Å²) in [6.07, 6.45) is 5.59. The molecule has 94 valence electrons. The number of pyridine rings is 1. The Morgan fingerprint density at radius 2 is 2.29 bits per heavy atom. The molecule has 1 heterocycles. The smallest absolute Gasteiger partial charge is 0.134 e. The highest BCUT2D eigenvalue weighted by Crippen LogP contribution is 2.32. The second kappa shape index (κ2) is 5.83. The Kier molecular flexibility index (Phi) is 4.40. The summed E-state index contributed by atoms with van der Waals surface area (Å²) >= 11 is 3.40. The summed E-state index contributed by atoms with van der Waals surface area (Å²) in [4.78, 5) is 6.78. The SMILES string of the molecule is CCCN(CC1CC1)c1ncc(Br)cc1CO. The second-order valence-corrected chi connectivity index (χ2v) is 5.60. The van der Waals surface area contributed by atoms with Gasteiger partial charge in [-0.25, -0.2) is 4.98 Å². The van der Waals surface area contributed by atoms with Crippen LogP contribution in [0.5, 0.6) is 0 Å². The number of anilines is 1. The van der Waals surface area contributed by atoms with Crippen molar-refractivity contribution < 1.29 is 5.11 Å². The summed E-state index contributed by atoms with van der Waals surface area (Å²) in [5.41, 5.74) is 0.911. The van der Waals surface area contributed by atoms with Gasteiger partial charge in [0.1, 0.15) is 5.82 Å². The van der Waals surface area contributed by atoms with E-state index in [1.54, 1.807) is 0 Å². The van der Waals surface area contributed by atoms with Crippen molar-refractivity contribution in [2.24, 2.45) is 5.92 Å². The molecule has 0 radical (unpaired) electrons. The molecule has 0 aliphatic heterocycles. The summed E-state index contributed by atoms with van der Waals surface area (Å²) in [5.74, 6) is 1.78. The summed E-state index contributed by atoms with van der Waals surface area (Å²) in [6, 6.07) is 1.96. The van der Waals surface area contributed by atoms with E-state index in [4.69, 9.17) is 0 Å². The van der Waals surface area contributed by atoms with Gasteiger partial charge in [-0.1, -0.05) is 6.92 Å². The first-order chi connectivity index (χ1) is 8.24. The quantitative estimate of drug-likeness (QED) is 0.877. The van der Waals surface area contributed by atoms with Crippen LogP contribution in [0.15, 0.2) is 16.7 Å². The molecule has 2 rings (SSSR count). The van der Waals surface area contributed by atoms with E-state index in [0.29, 0.717) is 0 Å². The number of nitrogens with zero attached hydrogens (tertiary/aromatic N) is 2. The lowest BCUT2D eigenvalue weighted by molar-refractivity contribution is 0.281. The van der Waals surface area contributed by atoms with Gasteiger partial charge in [0.25, 0.3) is 0 Å². The van der Waals surface area contributed by atoms with Gasteiger partial charge in [0.15, 0.2) is 0 Å². The fourth-order valence-corrected chi connectivity index (χ4v) is 2.42. The minimum absolute atomic E-state index is 0.0483. The van der Waals surface area contributed by atoms with Gasteiger partial charge in [-0.2, -0.15) is 0 Å². The van der Waals surface area contributed by atoms with E-state index >= 15 is 0 Å². The zero-order chi connectivity index (χ0) is 12.3. The molecule has 3 nitrogen and oxygen atoms in total. The Hall–Kier alpha value is -0.610. The fourth-order valence-electron chi connectivity index (χ4n) is 2.04. The first-order valence-corrected chi connectivity index (χ1v) is 7.04. The van der Waals surface area contributed by atoms with E-state index in [-0.39, 0.29) is 6.61 Å². The van der Waals surface area contributed by atoms with Crippen LogP contribution in [0.2, 0.25) is 0 Å². The average molecular weight is 299 g/mol. The number of aliphatic hydroxyl groups excluding tert-OH is 1. The van der Waals surface area contributed by atoms with E-state index in [2.05, 4.69) is 32.7 Å². The van der Waals surface area contributed by atoms with Crippen molar-refractivity contribution in [3.05, 3.63) is 22.3 Å². The van der Waals surface area contributed by atoms with Gasteiger partial charge >= 0.3 is 0 Å². The van der Waals surface area contributed by atoms with Gasteiger partial charge in [0, 0.05) is 29.3 Å². The average Bonchev–Trinajstić information content (AvgIpc) is 3.12. The van der Waals surface area contributed by atoms with Crippen molar-refractivity contribution >= 4 is 21.7 Å². The molecule has 1 fully saturated rings. The largest absolute Gasteiger partial charge is 0.392 e. The number of hydrogen-bond acceptors (Lipinski definition) is 3. The van der Waals surface area contributed by atoms with Crippen LogP contribution in [0.25, 0.3) is 0 Å². The molecule has 0 amide bonds. The molecular weight excluding hydrogens is 280 g/mol. The minimum Gasteiger partial charge on any atom is -0.392 e. The van der Waals surface area contributed by atoms with E-state index in [1.165, 1.54) is 12.8 Å². The molecule has 0 bridgehead atoms. The number of hydrogen-bond donors (Lipinski definition) is 1. The second-order valence-electron chi connectivity index (χ2n) is 4.68. The standard InChI is InChI=1S/C13H19BrN2O/c1-2-5-16(8-10-3-4-10)13-11(9-17)6-12(14)7-15-13/h6-7,10,17H,2-5,8-9H2,1H3. The normalized spacial score (nSPS) is 15.0. The number of aromatic nitrogens is 1. The van der Waals surface area contributed by atoms with Gasteiger partial charge in [-0.05, 0) is 47.2 Å². The number of rotatable bonds is 6. The van der Waals surface area contributed by atoms with Gasteiger partial charge in [0.05, 0.1) is 6.61 Å². The van der Waals surface area contributed by atoms with Crippen molar-refractivity contribution in [1.29, 1.82) is 0 Å². The van der Waals surface area contributed by atoms with Crippen molar-refractivity contribution in [3.63, 3.8) is 0 Å². The molecule has 1 aliphatic rings. The third-order valence-corrected chi connectivity index (χ3v) is 3.48. The monoisotopic (exact) mass is 298 g/mol. The zero-order valence-corrected chi connectivity index (χ0v) is 11.8. The Bertz CT molecular complexity index is 380. The molecule has 0 spiro atoms. The molecule has 4 heteroatoms. The van der Waals surface area contributed by atoms with Crippen molar-refractivity contribution in [3.8, 4) is 0 Å². The molecule has 17 heavy (non-hydrogen) atoms. The van der Waals surface area contributed by atoms with Gasteiger partial charge in [-0.15, -0.1) is 0 Å². The maximum absolute atomic E-state index is 9.42. The van der Waals surface area contributed by atoms with Crippen LogP contribution < -0.4 is 4.90 Å². The lowest BCUT2D eigenvalue weighted by atomic mass is 10.2. The molecular formula is C13H19BrN2O. The van der Waals surface area contributed by atoms with Crippen LogP contribution in [0.1, 0.15) is 31.7 Å². The predicted molar refractivity (Wildman–Crippen MR) is 73.1 cm³/mol. The molecule has 1 aromatic rings. The summed E-state index contributed by atoms with van der Waals surface area (Å²) in [5, 5.41) is 9.42. The minimum atomic E-state index is 0.0483. The topological polar surface area (TPSA) is 36.4 Å². The fraction of sp³-hybridized carbons (Fsp3) is 0.615. The maximum Gasteiger partial charge on any atom is 0.134 e.